The van der Waals surface area contributed by atoms with Crippen molar-refractivity contribution < 1.29 is 9.15 Å². The number of hydrogen-bond donors (Lipinski definition) is 0. The molecule has 4 nitrogen and oxygen atoms in total. The number of fused-ring (bicyclic) bond motifs is 3. The van der Waals surface area contributed by atoms with Gasteiger partial charge in [0.2, 0.25) is 5.43 Å². The van der Waals surface area contributed by atoms with Crippen molar-refractivity contribution >= 4 is 26.9 Å². The lowest BCUT2D eigenvalue weighted by molar-refractivity contribution is 0.0581. The summed E-state index contributed by atoms with van der Waals surface area (Å²) in [5, 5.41) is 0.624. The standard InChI is InChI=1S/C23H22BrNO3/c1-14-21(15-6-8-16(24)9-7-15)22(26)18-10-11-20-19(23(18)28-14)12-25(13-27-20)17-4-2-3-5-17/h6-11,17H,2-5,12-13H2,1H3. The zero-order chi connectivity index (χ0) is 19.3. The van der Waals surface area contributed by atoms with E-state index in [1.807, 2.05) is 43.3 Å². The summed E-state index contributed by atoms with van der Waals surface area (Å²) in [5.41, 5.74) is 3.19. The second-order valence-corrected chi connectivity index (χ2v) is 8.66. The van der Waals surface area contributed by atoms with Crippen LogP contribution in [0.5, 0.6) is 5.75 Å². The lowest BCUT2D eigenvalue weighted by Crippen LogP contribution is -2.39. The largest absolute Gasteiger partial charge is 0.478 e. The molecule has 28 heavy (non-hydrogen) atoms. The van der Waals surface area contributed by atoms with Crippen molar-refractivity contribution in [2.24, 2.45) is 0 Å². The molecular weight excluding hydrogens is 418 g/mol. The first-order chi connectivity index (χ1) is 13.6. The fourth-order valence-corrected chi connectivity index (χ4v) is 4.81. The molecule has 2 heterocycles. The number of benzene rings is 2. The highest BCUT2D eigenvalue weighted by Gasteiger charge is 2.29. The van der Waals surface area contributed by atoms with Crippen molar-refractivity contribution in [3.05, 3.63) is 62.4 Å². The van der Waals surface area contributed by atoms with E-state index in [9.17, 15) is 4.79 Å². The van der Waals surface area contributed by atoms with Gasteiger partial charge in [-0.15, -0.1) is 0 Å². The maximum absolute atomic E-state index is 13.3. The van der Waals surface area contributed by atoms with E-state index < -0.39 is 0 Å². The molecule has 3 aromatic rings. The lowest BCUT2D eigenvalue weighted by Gasteiger charge is -2.33. The van der Waals surface area contributed by atoms with Crippen LogP contribution >= 0.6 is 15.9 Å². The molecule has 5 heteroatoms. The number of ether oxygens (including phenoxy) is 1. The van der Waals surface area contributed by atoms with E-state index in [0.29, 0.717) is 35.1 Å². The minimum absolute atomic E-state index is 0.0156. The SMILES string of the molecule is Cc1oc2c3c(ccc2c(=O)c1-c1ccc(Br)cc1)OCN(C1CCCC1)C3. The third-order valence-corrected chi connectivity index (χ3v) is 6.55. The van der Waals surface area contributed by atoms with Gasteiger partial charge >= 0.3 is 0 Å². The molecule has 0 radical (unpaired) electrons. The van der Waals surface area contributed by atoms with Crippen molar-refractivity contribution in [3.63, 3.8) is 0 Å². The average Bonchev–Trinajstić information content (AvgIpc) is 3.24. The van der Waals surface area contributed by atoms with Crippen molar-refractivity contribution in [1.29, 1.82) is 0 Å². The quantitative estimate of drug-likeness (QED) is 0.519. The van der Waals surface area contributed by atoms with Gasteiger partial charge in [0.05, 0.1) is 16.5 Å². The van der Waals surface area contributed by atoms with Gasteiger partial charge in [0.15, 0.2) is 0 Å². The van der Waals surface area contributed by atoms with Gasteiger partial charge in [-0.05, 0) is 49.6 Å². The number of halogens is 1. The van der Waals surface area contributed by atoms with E-state index in [1.165, 1.54) is 25.7 Å². The van der Waals surface area contributed by atoms with E-state index in [4.69, 9.17) is 9.15 Å². The molecule has 0 amide bonds. The zero-order valence-electron chi connectivity index (χ0n) is 15.8. The third kappa shape index (κ3) is 2.97. The van der Waals surface area contributed by atoms with Crippen LogP contribution in [0.15, 0.2) is 50.1 Å². The van der Waals surface area contributed by atoms with Crippen molar-refractivity contribution in [1.82, 2.24) is 4.90 Å². The molecule has 0 atom stereocenters. The molecule has 144 valence electrons. The third-order valence-electron chi connectivity index (χ3n) is 6.02. The first-order valence-electron chi connectivity index (χ1n) is 9.84. The smallest absolute Gasteiger partial charge is 0.200 e. The molecule has 1 saturated carbocycles. The summed E-state index contributed by atoms with van der Waals surface area (Å²) in [4.78, 5) is 15.7. The average molecular weight is 440 g/mol. The van der Waals surface area contributed by atoms with Crippen LogP contribution in [0.1, 0.15) is 37.0 Å². The van der Waals surface area contributed by atoms with Crippen LogP contribution in [0, 0.1) is 6.92 Å². The Balaban J connectivity index is 1.63. The molecule has 5 rings (SSSR count). The minimum Gasteiger partial charge on any atom is -0.478 e. The Bertz CT molecular complexity index is 1100. The van der Waals surface area contributed by atoms with E-state index in [-0.39, 0.29) is 5.43 Å². The Morgan fingerprint density at radius 3 is 2.57 bits per heavy atom. The Morgan fingerprint density at radius 2 is 1.82 bits per heavy atom. The molecule has 1 aliphatic heterocycles. The molecule has 0 bridgehead atoms. The minimum atomic E-state index is 0.0156. The van der Waals surface area contributed by atoms with Gasteiger partial charge in [-0.3, -0.25) is 9.69 Å². The summed E-state index contributed by atoms with van der Waals surface area (Å²) in [5.74, 6) is 1.48. The van der Waals surface area contributed by atoms with Gasteiger partial charge in [0, 0.05) is 17.1 Å². The monoisotopic (exact) mass is 439 g/mol. The molecule has 2 aromatic carbocycles. The first kappa shape index (κ1) is 18.0. The van der Waals surface area contributed by atoms with E-state index in [2.05, 4.69) is 20.8 Å². The van der Waals surface area contributed by atoms with E-state index in [1.54, 1.807) is 0 Å². The zero-order valence-corrected chi connectivity index (χ0v) is 17.4. The van der Waals surface area contributed by atoms with Crippen LogP contribution in [0.25, 0.3) is 22.1 Å². The van der Waals surface area contributed by atoms with Crippen molar-refractivity contribution in [2.75, 3.05) is 6.73 Å². The summed E-state index contributed by atoms with van der Waals surface area (Å²) >= 11 is 3.45. The Kier molecular flexibility index (Phi) is 4.52. The number of nitrogens with zero attached hydrogens (tertiary/aromatic N) is 1. The Hall–Kier alpha value is -2.11. The van der Waals surface area contributed by atoms with Crippen LogP contribution in [0.3, 0.4) is 0 Å². The van der Waals surface area contributed by atoms with Gasteiger partial charge in [-0.1, -0.05) is 40.9 Å². The molecule has 0 N–H and O–H groups in total. The molecule has 2 aliphatic rings. The van der Waals surface area contributed by atoms with Crippen LogP contribution in [0.4, 0.5) is 0 Å². The van der Waals surface area contributed by atoms with Crippen molar-refractivity contribution in [3.8, 4) is 16.9 Å². The number of rotatable bonds is 2. The van der Waals surface area contributed by atoms with Gasteiger partial charge in [-0.2, -0.15) is 0 Å². The van der Waals surface area contributed by atoms with Gasteiger partial charge in [-0.25, -0.2) is 0 Å². The molecular formula is C23H22BrNO3. The molecule has 1 aliphatic carbocycles. The topological polar surface area (TPSA) is 42.7 Å². The molecule has 1 fully saturated rings. The fraction of sp³-hybridized carbons (Fsp3) is 0.348. The van der Waals surface area contributed by atoms with Crippen LogP contribution in [0.2, 0.25) is 0 Å². The maximum atomic E-state index is 13.3. The predicted octanol–water partition coefficient (Wildman–Crippen LogP) is 5.63. The highest BCUT2D eigenvalue weighted by Crippen LogP contribution is 2.36. The summed E-state index contributed by atoms with van der Waals surface area (Å²) in [6, 6.07) is 12.1. The van der Waals surface area contributed by atoms with E-state index >= 15 is 0 Å². The van der Waals surface area contributed by atoms with Gasteiger partial charge < -0.3 is 9.15 Å². The highest BCUT2D eigenvalue weighted by molar-refractivity contribution is 9.10. The first-order valence-corrected chi connectivity index (χ1v) is 10.6. The Morgan fingerprint density at radius 1 is 1.07 bits per heavy atom. The van der Waals surface area contributed by atoms with Crippen LogP contribution in [-0.4, -0.2) is 17.7 Å². The molecule has 0 saturated heterocycles. The normalized spacial score (nSPS) is 17.6. The maximum Gasteiger partial charge on any atom is 0.200 e. The van der Waals surface area contributed by atoms with Crippen LogP contribution < -0.4 is 10.2 Å². The van der Waals surface area contributed by atoms with Crippen LogP contribution in [-0.2, 0) is 6.54 Å². The summed E-state index contributed by atoms with van der Waals surface area (Å²) in [7, 11) is 0. The molecule has 0 unspecified atom stereocenters. The van der Waals surface area contributed by atoms with Gasteiger partial charge in [0.25, 0.3) is 0 Å². The number of hydrogen-bond acceptors (Lipinski definition) is 4. The summed E-state index contributed by atoms with van der Waals surface area (Å²) in [6.45, 7) is 3.26. The summed E-state index contributed by atoms with van der Waals surface area (Å²) < 4.78 is 13.3. The fourth-order valence-electron chi connectivity index (χ4n) is 4.54. The van der Waals surface area contributed by atoms with Crippen molar-refractivity contribution in [2.45, 2.75) is 45.2 Å². The predicted molar refractivity (Wildman–Crippen MR) is 114 cm³/mol. The summed E-state index contributed by atoms with van der Waals surface area (Å²) in [6.07, 6.45) is 5.02. The molecule has 0 spiro atoms. The lowest BCUT2D eigenvalue weighted by atomic mass is 10.0. The highest BCUT2D eigenvalue weighted by atomic mass is 79.9. The Labute approximate surface area is 172 Å². The second-order valence-electron chi connectivity index (χ2n) is 7.75. The molecule has 1 aromatic heterocycles. The van der Waals surface area contributed by atoms with Gasteiger partial charge in [0.1, 0.15) is 23.8 Å². The number of aryl methyl sites for hydroxylation is 1. The second kappa shape index (κ2) is 7.05. The van der Waals surface area contributed by atoms with E-state index in [0.717, 1.165) is 27.9 Å².